The molecule has 1 heterocycles. The van der Waals surface area contributed by atoms with Crippen LogP contribution in [0.4, 0.5) is 0 Å². The van der Waals surface area contributed by atoms with Crippen molar-refractivity contribution in [1.82, 2.24) is 10.6 Å². The van der Waals surface area contributed by atoms with Gasteiger partial charge in [-0.05, 0) is 24.0 Å². The fourth-order valence-corrected chi connectivity index (χ4v) is 2.70. The lowest BCUT2D eigenvalue weighted by Gasteiger charge is -2.24. The lowest BCUT2D eigenvalue weighted by atomic mass is 10.1. The Bertz CT molecular complexity index is 416. The first-order valence-corrected chi connectivity index (χ1v) is 6.51. The summed E-state index contributed by atoms with van der Waals surface area (Å²) in [5, 5.41) is 6.29. The molecule has 18 heavy (non-hydrogen) atoms. The maximum Gasteiger partial charge on any atom is 0.239 e. The van der Waals surface area contributed by atoms with E-state index in [2.05, 4.69) is 34.9 Å². The molecule has 1 aromatic carbocycles. The van der Waals surface area contributed by atoms with Crippen LogP contribution in [0.25, 0.3) is 0 Å². The summed E-state index contributed by atoms with van der Waals surface area (Å²) in [4.78, 5) is 12.1. The SMILES string of the molecule is O=C(NC1Cc2ccccc2C1)C1COCCN1. The summed E-state index contributed by atoms with van der Waals surface area (Å²) in [7, 11) is 0. The maximum atomic E-state index is 12.1. The van der Waals surface area contributed by atoms with Crippen LogP contribution in [-0.2, 0) is 22.4 Å². The Morgan fingerprint density at radius 2 is 2.00 bits per heavy atom. The first kappa shape index (κ1) is 11.7. The largest absolute Gasteiger partial charge is 0.378 e. The number of amides is 1. The van der Waals surface area contributed by atoms with Crippen LogP contribution in [0.1, 0.15) is 11.1 Å². The topological polar surface area (TPSA) is 50.4 Å². The molecule has 4 heteroatoms. The van der Waals surface area contributed by atoms with Gasteiger partial charge in [0.15, 0.2) is 0 Å². The van der Waals surface area contributed by atoms with Gasteiger partial charge in [0.2, 0.25) is 5.91 Å². The molecule has 3 rings (SSSR count). The van der Waals surface area contributed by atoms with Gasteiger partial charge in [-0.3, -0.25) is 4.79 Å². The number of nitrogens with one attached hydrogen (secondary N) is 2. The first-order chi connectivity index (χ1) is 8.83. The van der Waals surface area contributed by atoms with Gasteiger partial charge in [0.25, 0.3) is 0 Å². The molecule has 0 aromatic heterocycles. The second-order valence-corrected chi connectivity index (χ2v) is 4.96. The highest BCUT2D eigenvalue weighted by Gasteiger charge is 2.26. The van der Waals surface area contributed by atoms with E-state index in [1.807, 2.05) is 0 Å². The fraction of sp³-hybridized carbons (Fsp3) is 0.500. The van der Waals surface area contributed by atoms with E-state index >= 15 is 0 Å². The van der Waals surface area contributed by atoms with Gasteiger partial charge in [-0.2, -0.15) is 0 Å². The Kier molecular flexibility index (Phi) is 3.30. The van der Waals surface area contributed by atoms with Crippen LogP contribution in [0.5, 0.6) is 0 Å². The minimum Gasteiger partial charge on any atom is -0.378 e. The molecule has 4 nitrogen and oxygen atoms in total. The molecular weight excluding hydrogens is 228 g/mol. The Labute approximate surface area is 107 Å². The number of carbonyl (C=O) groups is 1. The number of morpholine rings is 1. The van der Waals surface area contributed by atoms with E-state index in [-0.39, 0.29) is 18.0 Å². The Hall–Kier alpha value is -1.39. The minimum absolute atomic E-state index is 0.0625. The van der Waals surface area contributed by atoms with Crippen molar-refractivity contribution in [3.8, 4) is 0 Å². The molecule has 0 spiro atoms. The molecule has 1 fully saturated rings. The number of ether oxygens (including phenoxy) is 1. The van der Waals surface area contributed by atoms with E-state index in [9.17, 15) is 4.79 Å². The highest BCUT2D eigenvalue weighted by Crippen LogP contribution is 2.21. The van der Waals surface area contributed by atoms with E-state index in [1.54, 1.807) is 0 Å². The number of hydrogen-bond acceptors (Lipinski definition) is 3. The quantitative estimate of drug-likeness (QED) is 0.787. The van der Waals surface area contributed by atoms with Crippen molar-refractivity contribution < 1.29 is 9.53 Å². The third kappa shape index (κ3) is 2.40. The second-order valence-electron chi connectivity index (χ2n) is 4.96. The van der Waals surface area contributed by atoms with Crippen LogP contribution < -0.4 is 10.6 Å². The molecule has 1 amide bonds. The molecule has 0 bridgehead atoms. The molecule has 96 valence electrons. The van der Waals surface area contributed by atoms with Crippen molar-refractivity contribution in [2.75, 3.05) is 19.8 Å². The fourth-order valence-electron chi connectivity index (χ4n) is 2.70. The summed E-state index contributed by atoms with van der Waals surface area (Å²) in [6, 6.07) is 8.44. The predicted octanol–water partition coefficient (Wildman–Crippen LogP) is 0.258. The maximum absolute atomic E-state index is 12.1. The van der Waals surface area contributed by atoms with Crippen molar-refractivity contribution in [2.45, 2.75) is 24.9 Å². The normalized spacial score (nSPS) is 23.7. The predicted molar refractivity (Wildman–Crippen MR) is 68.4 cm³/mol. The second kappa shape index (κ2) is 5.08. The average Bonchev–Trinajstić information content (AvgIpc) is 2.82. The molecule has 0 radical (unpaired) electrons. The molecule has 1 aromatic rings. The average molecular weight is 246 g/mol. The lowest BCUT2D eigenvalue weighted by Crippen LogP contribution is -2.53. The Morgan fingerprint density at radius 3 is 2.61 bits per heavy atom. The third-order valence-electron chi connectivity index (χ3n) is 3.64. The van der Waals surface area contributed by atoms with E-state index in [0.29, 0.717) is 13.2 Å². The van der Waals surface area contributed by atoms with Gasteiger partial charge in [-0.1, -0.05) is 24.3 Å². The molecule has 2 N–H and O–H groups in total. The van der Waals surface area contributed by atoms with E-state index in [0.717, 1.165) is 19.4 Å². The van der Waals surface area contributed by atoms with Gasteiger partial charge in [0.1, 0.15) is 6.04 Å². The first-order valence-electron chi connectivity index (χ1n) is 6.51. The van der Waals surface area contributed by atoms with Gasteiger partial charge < -0.3 is 15.4 Å². The molecule has 1 unspecified atom stereocenters. The number of fused-ring (bicyclic) bond motifs is 1. The number of hydrogen-bond donors (Lipinski definition) is 2. The molecular formula is C14H18N2O2. The van der Waals surface area contributed by atoms with Crippen molar-refractivity contribution in [3.05, 3.63) is 35.4 Å². The van der Waals surface area contributed by atoms with Gasteiger partial charge in [-0.15, -0.1) is 0 Å². The standard InChI is InChI=1S/C14H18N2O2/c17-14(13-9-18-6-5-15-13)16-12-7-10-3-1-2-4-11(10)8-12/h1-4,12-13,15H,5-9H2,(H,16,17). The molecule has 0 saturated carbocycles. The summed E-state index contributed by atoms with van der Waals surface area (Å²) < 4.78 is 5.31. The lowest BCUT2D eigenvalue weighted by molar-refractivity contribution is -0.126. The highest BCUT2D eigenvalue weighted by atomic mass is 16.5. The monoisotopic (exact) mass is 246 g/mol. The van der Waals surface area contributed by atoms with Gasteiger partial charge in [0, 0.05) is 12.6 Å². The van der Waals surface area contributed by atoms with Crippen molar-refractivity contribution in [2.24, 2.45) is 0 Å². The number of rotatable bonds is 2. The van der Waals surface area contributed by atoms with Crippen LogP contribution in [0.3, 0.4) is 0 Å². The molecule has 1 aliphatic heterocycles. The van der Waals surface area contributed by atoms with Gasteiger partial charge >= 0.3 is 0 Å². The minimum atomic E-state index is -0.192. The van der Waals surface area contributed by atoms with Crippen molar-refractivity contribution in [1.29, 1.82) is 0 Å². The molecule has 2 aliphatic rings. The van der Waals surface area contributed by atoms with Gasteiger partial charge in [0.05, 0.1) is 13.2 Å². The van der Waals surface area contributed by atoms with E-state index in [1.165, 1.54) is 11.1 Å². The summed E-state index contributed by atoms with van der Waals surface area (Å²) in [5.41, 5.74) is 2.71. The molecule has 1 atom stereocenters. The third-order valence-corrected chi connectivity index (χ3v) is 3.64. The molecule has 1 aliphatic carbocycles. The summed E-state index contributed by atoms with van der Waals surface area (Å²) in [6.07, 6.45) is 1.88. The summed E-state index contributed by atoms with van der Waals surface area (Å²) in [5.74, 6) is 0.0625. The van der Waals surface area contributed by atoms with Gasteiger partial charge in [-0.25, -0.2) is 0 Å². The van der Waals surface area contributed by atoms with Crippen LogP contribution in [0.15, 0.2) is 24.3 Å². The Morgan fingerprint density at radius 1 is 1.28 bits per heavy atom. The smallest absolute Gasteiger partial charge is 0.239 e. The zero-order valence-corrected chi connectivity index (χ0v) is 10.3. The van der Waals surface area contributed by atoms with Crippen LogP contribution in [0, 0.1) is 0 Å². The van der Waals surface area contributed by atoms with E-state index in [4.69, 9.17) is 4.74 Å². The summed E-state index contributed by atoms with van der Waals surface area (Å²) >= 11 is 0. The Balaban J connectivity index is 1.57. The van der Waals surface area contributed by atoms with E-state index < -0.39 is 0 Å². The number of benzene rings is 1. The number of carbonyl (C=O) groups excluding carboxylic acids is 1. The van der Waals surface area contributed by atoms with Crippen LogP contribution >= 0.6 is 0 Å². The zero-order chi connectivity index (χ0) is 12.4. The van der Waals surface area contributed by atoms with Crippen LogP contribution in [0.2, 0.25) is 0 Å². The van der Waals surface area contributed by atoms with Crippen molar-refractivity contribution >= 4 is 5.91 Å². The van der Waals surface area contributed by atoms with Crippen molar-refractivity contribution in [3.63, 3.8) is 0 Å². The van der Waals surface area contributed by atoms with Crippen LogP contribution in [-0.4, -0.2) is 37.7 Å². The summed E-state index contributed by atoms with van der Waals surface area (Å²) in [6.45, 7) is 1.92. The zero-order valence-electron chi connectivity index (χ0n) is 10.3. The molecule has 1 saturated heterocycles. The highest BCUT2D eigenvalue weighted by molar-refractivity contribution is 5.82.